The van der Waals surface area contributed by atoms with Crippen molar-refractivity contribution in [3.8, 4) is 5.75 Å². The number of β-amino-alcohol motifs (C(OH)–C–C–N with tert-alkyl or cyclic N) is 1. The van der Waals surface area contributed by atoms with Gasteiger partial charge in [0.15, 0.2) is 6.29 Å². The van der Waals surface area contributed by atoms with Crippen molar-refractivity contribution in [3.63, 3.8) is 0 Å². The Kier molecular flexibility index (Phi) is 21.3. The minimum atomic E-state index is -2.47. The number of nitrogens with zero attached hydrogens (tertiary/aromatic N) is 1. The number of hydrogen-bond donors (Lipinski definition) is 11. The molecule has 2 fully saturated rings. The summed E-state index contributed by atoms with van der Waals surface area (Å²) in [5.41, 5.74) is 1.38. The number of aliphatic hydroxyl groups is 9. The second-order valence-corrected chi connectivity index (χ2v) is 14.4. The number of benzene rings is 2. The highest BCUT2D eigenvalue weighted by Gasteiger charge is 2.53. The van der Waals surface area contributed by atoms with E-state index in [0.29, 0.717) is 48.4 Å². The molecule has 1 unspecified atom stereocenters. The van der Waals surface area contributed by atoms with E-state index in [2.05, 4.69) is 0 Å². The molecule has 0 bridgehead atoms. The summed E-state index contributed by atoms with van der Waals surface area (Å²) in [6.45, 7) is -0.491. The van der Waals surface area contributed by atoms with Gasteiger partial charge in [-0.05, 0) is 49.2 Å². The molecule has 18 nitrogen and oxygen atoms in total. The molecule has 2 aromatic carbocycles. The van der Waals surface area contributed by atoms with Gasteiger partial charge in [-0.3, -0.25) is 9.69 Å². The molecule has 2 aromatic rings. The maximum Gasteiger partial charge on any atom is 0.290 e. The number of aliphatic hydroxyl groups excluding tert-OH is 8. The molecule has 2 aliphatic heterocycles. The van der Waals surface area contributed by atoms with Gasteiger partial charge in [-0.15, -0.1) is 0 Å². The molecule has 11 N–H and O–H groups in total. The number of morpholine rings is 1. The number of ether oxygens (including phenoxy) is 5. The Morgan fingerprint density at radius 3 is 2.25 bits per heavy atom. The van der Waals surface area contributed by atoms with Crippen molar-refractivity contribution in [1.29, 1.82) is 0 Å². The van der Waals surface area contributed by atoms with Crippen LogP contribution in [-0.4, -0.2) is 175 Å². The monoisotopic (exact) mass is 855 g/mol. The summed E-state index contributed by atoms with van der Waals surface area (Å²) >= 11 is 12.3. The molecule has 4 rings (SSSR count). The lowest BCUT2D eigenvalue weighted by molar-refractivity contribution is -0.361. The molecule has 0 aromatic heterocycles. The van der Waals surface area contributed by atoms with E-state index in [1.54, 1.807) is 18.2 Å². The average Bonchev–Trinajstić information content (AvgIpc) is 3.19. The maximum atomic E-state index is 11.9. The van der Waals surface area contributed by atoms with Gasteiger partial charge in [0, 0.05) is 34.3 Å². The molecule has 10 atom stereocenters. The predicted molar refractivity (Wildman–Crippen MR) is 201 cm³/mol. The molecule has 324 valence electrons. The van der Waals surface area contributed by atoms with Crippen molar-refractivity contribution in [2.75, 3.05) is 52.7 Å². The average molecular weight is 857 g/mol. The first-order valence-corrected chi connectivity index (χ1v) is 19.1. The topological polar surface area (TPSA) is 289 Å². The van der Waals surface area contributed by atoms with Gasteiger partial charge in [0.2, 0.25) is 5.79 Å². The van der Waals surface area contributed by atoms with Crippen LogP contribution < -0.4 is 0 Å². The number of carbonyl (C=O) groups is 1. The molecule has 0 radical (unpaired) electrons. The highest BCUT2D eigenvalue weighted by atomic mass is 35.5. The third-order valence-electron chi connectivity index (χ3n) is 9.54. The van der Waals surface area contributed by atoms with Gasteiger partial charge in [-0.25, -0.2) is 0 Å². The molecule has 0 amide bonds. The Balaban J connectivity index is 0.00000281. The van der Waals surface area contributed by atoms with Crippen LogP contribution in [0.5, 0.6) is 5.75 Å². The Hall–Kier alpha value is -2.31. The van der Waals surface area contributed by atoms with Crippen LogP contribution in [0.1, 0.15) is 48.5 Å². The van der Waals surface area contributed by atoms with Crippen molar-refractivity contribution in [3.05, 3.63) is 63.1 Å². The summed E-state index contributed by atoms with van der Waals surface area (Å²) < 4.78 is 28.4. The van der Waals surface area contributed by atoms with E-state index in [-0.39, 0.29) is 37.5 Å². The molecular formula is C37H55Cl2NO17. The maximum absolute atomic E-state index is 11.9. The quantitative estimate of drug-likeness (QED) is 0.0565. The number of halogens is 2. The van der Waals surface area contributed by atoms with E-state index in [1.807, 2.05) is 4.90 Å². The largest absolute Gasteiger partial charge is 0.508 e. The SMILES string of the molecule is O=CO.OCc1cc([C@@H]2CN(CCCCCCOCCOCc3c(Cl)cccc3Cl)CC(O)([C@@H](O)[C@H](O[C@@H]3O[C@H](CO)[C@H](O)[C@H](O)[C@H]3O)[C@H](O)CO)O2)ccc1O. The number of carboxylic acid groups (broad SMARTS) is 1. The van der Waals surface area contributed by atoms with E-state index < -0.39 is 80.7 Å². The minimum Gasteiger partial charge on any atom is -0.508 e. The van der Waals surface area contributed by atoms with Crippen LogP contribution in [0.3, 0.4) is 0 Å². The molecule has 0 aliphatic carbocycles. The summed E-state index contributed by atoms with van der Waals surface area (Å²) in [7, 11) is 0. The Morgan fingerprint density at radius 1 is 0.930 bits per heavy atom. The lowest BCUT2D eigenvalue weighted by atomic mass is 9.94. The molecule has 57 heavy (non-hydrogen) atoms. The summed E-state index contributed by atoms with van der Waals surface area (Å²) in [5, 5.41) is 112. The van der Waals surface area contributed by atoms with E-state index in [4.69, 9.17) is 56.8 Å². The van der Waals surface area contributed by atoms with Gasteiger partial charge < -0.3 is 79.9 Å². The molecule has 2 heterocycles. The van der Waals surface area contributed by atoms with E-state index in [0.717, 1.165) is 24.8 Å². The number of hydrogen-bond acceptors (Lipinski definition) is 17. The van der Waals surface area contributed by atoms with Crippen molar-refractivity contribution in [2.45, 2.75) is 99.8 Å². The summed E-state index contributed by atoms with van der Waals surface area (Å²) in [6.07, 6.45) is -12.3. The van der Waals surface area contributed by atoms with Crippen LogP contribution in [0.25, 0.3) is 0 Å². The first kappa shape index (κ1) is 49.1. The van der Waals surface area contributed by atoms with Crippen LogP contribution in [0, 0.1) is 0 Å². The third kappa shape index (κ3) is 14.1. The fraction of sp³-hybridized carbons (Fsp3) is 0.649. The number of unbranched alkanes of at least 4 members (excludes halogenated alkanes) is 3. The van der Waals surface area contributed by atoms with Gasteiger partial charge in [-0.2, -0.15) is 0 Å². The number of phenols is 1. The predicted octanol–water partition coefficient (Wildman–Crippen LogP) is -0.353. The van der Waals surface area contributed by atoms with E-state index in [9.17, 15) is 51.1 Å². The summed E-state index contributed by atoms with van der Waals surface area (Å²) in [6, 6.07) is 9.66. The van der Waals surface area contributed by atoms with Crippen LogP contribution in [0.4, 0.5) is 0 Å². The van der Waals surface area contributed by atoms with Gasteiger partial charge in [0.1, 0.15) is 48.5 Å². The van der Waals surface area contributed by atoms with E-state index in [1.165, 1.54) is 18.2 Å². The van der Waals surface area contributed by atoms with Crippen molar-refractivity contribution in [2.24, 2.45) is 0 Å². The standard InChI is InChI=1S/C36H53Cl2NO15.CH2O2/c37-24-6-5-7-25(38)23(24)19-51-13-12-50-11-4-2-1-3-10-39-15-28(21-8-9-26(43)22(14-21)16-40)54-36(49,20-39)34(48)33(27(44)17-41)53-35-32(47)31(46)30(45)29(18-42)52-35;2-1-3/h5-9,14,27-35,40-49H,1-4,10-13,15-20H2;1H,(H,2,3)/t27-,28+,29-,30+,31+,32-,33-,34+,35+,36?;/m1./s1. The minimum absolute atomic E-state index is 0.151. The molecule has 2 aliphatic rings. The van der Waals surface area contributed by atoms with Crippen molar-refractivity contribution >= 4 is 29.7 Å². The number of aromatic hydroxyl groups is 1. The van der Waals surface area contributed by atoms with Gasteiger partial charge in [0.05, 0.1) is 52.3 Å². The van der Waals surface area contributed by atoms with Crippen molar-refractivity contribution in [1.82, 2.24) is 4.90 Å². The lowest BCUT2D eigenvalue weighted by Crippen LogP contribution is -2.66. The smallest absolute Gasteiger partial charge is 0.290 e. The van der Waals surface area contributed by atoms with Crippen LogP contribution >= 0.6 is 23.2 Å². The molecule has 2 saturated heterocycles. The second kappa shape index (κ2) is 24.7. The zero-order valence-corrected chi connectivity index (χ0v) is 32.7. The highest BCUT2D eigenvalue weighted by molar-refractivity contribution is 6.35. The molecule has 0 spiro atoms. The van der Waals surface area contributed by atoms with E-state index >= 15 is 0 Å². The summed E-state index contributed by atoms with van der Waals surface area (Å²) in [5.74, 6) is -2.62. The summed E-state index contributed by atoms with van der Waals surface area (Å²) in [4.78, 5) is 10.2. The first-order chi connectivity index (χ1) is 27.2. The lowest BCUT2D eigenvalue weighted by Gasteiger charge is -2.48. The molecule has 0 saturated carbocycles. The van der Waals surface area contributed by atoms with Gasteiger partial charge in [0.25, 0.3) is 6.47 Å². The third-order valence-corrected chi connectivity index (χ3v) is 10.2. The molecule has 20 heteroatoms. The fourth-order valence-corrected chi connectivity index (χ4v) is 6.91. The molecular weight excluding hydrogens is 801 g/mol. The Bertz CT molecular complexity index is 1460. The van der Waals surface area contributed by atoms with Crippen LogP contribution in [-0.2, 0) is 41.7 Å². The normalized spacial score (nSPS) is 26.9. The fourth-order valence-electron chi connectivity index (χ4n) is 6.41. The first-order valence-electron chi connectivity index (χ1n) is 18.4. The number of rotatable bonds is 21. The Labute approximate surface area is 339 Å². The second-order valence-electron chi connectivity index (χ2n) is 13.6. The zero-order valence-electron chi connectivity index (χ0n) is 31.2. The Morgan fingerprint density at radius 2 is 1.60 bits per heavy atom. The highest BCUT2D eigenvalue weighted by Crippen LogP contribution is 2.36. The van der Waals surface area contributed by atoms with Crippen LogP contribution in [0.2, 0.25) is 10.0 Å². The van der Waals surface area contributed by atoms with Crippen molar-refractivity contribution < 1.29 is 84.7 Å². The van der Waals surface area contributed by atoms with Gasteiger partial charge in [-0.1, -0.05) is 48.2 Å². The van der Waals surface area contributed by atoms with Gasteiger partial charge >= 0.3 is 0 Å². The van der Waals surface area contributed by atoms with Crippen LogP contribution in [0.15, 0.2) is 36.4 Å². The zero-order chi connectivity index (χ0) is 42.1.